The van der Waals surface area contributed by atoms with Crippen molar-refractivity contribution in [3.63, 3.8) is 0 Å². The molecule has 4 nitrogen and oxygen atoms in total. The van der Waals surface area contributed by atoms with Crippen molar-refractivity contribution in [3.05, 3.63) is 24.1 Å². The minimum absolute atomic E-state index is 0.597. The Kier molecular flexibility index (Phi) is 2.49. The number of ether oxygens (including phenoxy) is 1. The summed E-state index contributed by atoms with van der Waals surface area (Å²) in [5.41, 5.74) is 8.03. The topological polar surface area (TPSA) is 61.3 Å². The van der Waals surface area contributed by atoms with Gasteiger partial charge < -0.3 is 14.9 Å². The molecule has 1 aliphatic heterocycles. The lowest BCUT2D eigenvalue weighted by atomic mass is 10.3. The molecule has 0 spiro atoms. The van der Waals surface area contributed by atoms with E-state index in [1.54, 1.807) is 0 Å². The maximum Gasteiger partial charge on any atom is 0.205 e. The highest BCUT2D eigenvalue weighted by molar-refractivity contribution is 7.99. The summed E-state index contributed by atoms with van der Waals surface area (Å²) in [5, 5.41) is 0.597. The Morgan fingerprint density at radius 3 is 3.06 bits per heavy atom. The van der Waals surface area contributed by atoms with Crippen molar-refractivity contribution in [2.24, 2.45) is 0 Å². The van der Waals surface area contributed by atoms with Crippen LogP contribution in [0.3, 0.4) is 0 Å². The number of nitrogens with two attached hydrogens (primary N) is 1. The zero-order chi connectivity index (χ0) is 11.0. The number of hydrogen-bond acceptors (Lipinski definition) is 5. The molecule has 0 radical (unpaired) electrons. The molecule has 2 N–H and O–H groups in total. The van der Waals surface area contributed by atoms with Gasteiger partial charge in [-0.05, 0) is 18.2 Å². The highest BCUT2D eigenvalue weighted by atomic mass is 32.2. The predicted octanol–water partition coefficient (Wildman–Crippen LogP) is 2.04. The third-order valence-corrected chi connectivity index (χ3v) is 3.66. The van der Waals surface area contributed by atoms with Crippen LogP contribution in [0, 0.1) is 0 Å². The highest BCUT2D eigenvalue weighted by Crippen LogP contribution is 2.25. The second-order valence-corrected chi connectivity index (χ2v) is 5.09. The minimum atomic E-state index is 0.597. The lowest BCUT2D eigenvalue weighted by Crippen LogP contribution is -2.30. The van der Waals surface area contributed by atoms with Gasteiger partial charge in [0.05, 0.1) is 24.2 Å². The van der Waals surface area contributed by atoms with Crippen molar-refractivity contribution in [2.75, 3.05) is 18.9 Å². The molecule has 0 atom stereocenters. The van der Waals surface area contributed by atoms with Crippen molar-refractivity contribution < 1.29 is 9.15 Å². The molecule has 3 rings (SSSR count). The van der Waals surface area contributed by atoms with Gasteiger partial charge in [0.2, 0.25) is 5.89 Å². The van der Waals surface area contributed by atoms with Gasteiger partial charge in [-0.2, -0.15) is 0 Å². The van der Waals surface area contributed by atoms with Gasteiger partial charge in [-0.15, -0.1) is 11.8 Å². The summed E-state index contributed by atoms with van der Waals surface area (Å²) < 4.78 is 10.7. The standard InChI is InChI=1S/C11H12N2O2S/c12-7-1-2-10-9(3-7)13-11(15-10)6-16-8-4-14-5-8/h1-3,8H,4-6,12H2. The molecule has 0 bridgehead atoms. The van der Waals surface area contributed by atoms with Crippen LogP contribution >= 0.6 is 11.8 Å². The van der Waals surface area contributed by atoms with Crippen molar-refractivity contribution >= 4 is 28.5 Å². The lowest BCUT2D eigenvalue weighted by molar-refractivity contribution is 0.0454. The Hall–Kier alpha value is -1.20. The molecular formula is C11H12N2O2S. The molecule has 2 aromatic rings. The molecule has 1 aromatic carbocycles. The number of benzene rings is 1. The fraction of sp³-hybridized carbons (Fsp3) is 0.364. The van der Waals surface area contributed by atoms with E-state index in [9.17, 15) is 0 Å². The van der Waals surface area contributed by atoms with Gasteiger partial charge >= 0.3 is 0 Å². The van der Waals surface area contributed by atoms with Crippen molar-refractivity contribution in [2.45, 2.75) is 11.0 Å². The molecule has 16 heavy (non-hydrogen) atoms. The van der Waals surface area contributed by atoms with E-state index in [1.165, 1.54) is 0 Å². The van der Waals surface area contributed by atoms with Gasteiger partial charge in [-0.1, -0.05) is 0 Å². The maximum absolute atomic E-state index is 5.68. The number of anilines is 1. The van der Waals surface area contributed by atoms with E-state index >= 15 is 0 Å². The summed E-state index contributed by atoms with van der Waals surface area (Å²) in [6, 6.07) is 5.52. The van der Waals surface area contributed by atoms with E-state index in [2.05, 4.69) is 4.98 Å². The van der Waals surface area contributed by atoms with Crippen LogP contribution in [0.25, 0.3) is 11.1 Å². The first-order valence-corrected chi connectivity index (χ1v) is 6.20. The second kappa shape index (κ2) is 3.99. The zero-order valence-electron chi connectivity index (χ0n) is 8.68. The normalized spacial score (nSPS) is 16.5. The summed E-state index contributed by atoms with van der Waals surface area (Å²) >= 11 is 1.82. The minimum Gasteiger partial charge on any atom is -0.440 e. The molecule has 1 aromatic heterocycles. The molecule has 0 unspecified atom stereocenters. The van der Waals surface area contributed by atoms with Crippen LogP contribution in [-0.4, -0.2) is 23.4 Å². The van der Waals surface area contributed by atoms with Gasteiger partial charge in [0.1, 0.15) is 5.52 Å². The Bertz CT molecular complexity index is 508. The van der Waals surface area contributed by atoms with Gasteiger partial charge in [0, 0.05) is 5.69 Å². The number of thioether (sulfide) groups is 1. The van der Waals surface area contributed by atoms with Crippen molar-refractivity contribution in [1.82, 2.24) is 4.98 Å². The van der Waals surface area contributed by atoms with E-state index in [4.69, 9.17) is 14.9 Å². The SMILES string of the molecule is Nc1ccc2oc(CSC3COC3)nc2c1. The largest absolute Gasteiger partial charge is 0.440 e. The monoisotopic (exact) mass is 236 g/mol. The molecule has 2 heterocycles. The van der Waals surface area contributed by atoms with Gasteiger partial charge in [-0.25, -0.2) is 4.98 Å². The first kappa shape index (κ1) is 9.99. The number of oxazole rings is 1. The summed E-state index contributed by atoms with van der Waals surface area (Å²) in [5.74, 6) is 1.56. The van der Waals surface area contributed by atoms with E-state index < -0.39 is 0 Å². The van der Waals surface area contributed by atoms with Crippen LogP contribution in [-0.2, 0) is 10.5 Å². The van der Waals surface area contributed by atoms with Crippen LogP contribution in [0.4, 0.5) is 5.69 Å². The molecule has 84 valence electrons. The average Bonchev–Trinajstić information content (AvgIpc) is 2.57. The quantitative estimate of drug-likeness (QED) is 0.826. The smallest absolute Gasteiger partial charge is 0.205 e. The van der Waals surface area contributed by atoms with Gasteiger partial charge in [0.25, 0.3) is 0 Å². The lowest BCUT2D eigenvalue weighted by Gasteiger charge is -2.24. The number of fused-ring (bicyclic) bond motifs is 1. The molecule has 0 amide bonds. The Balaban J connectivity index is 1.76. The Morgan fingerprint density at radius 1 is 1.44 bits per heavy atom. The zero-order valence-corrected chi connectivity index (χ0v) is 9.50. The summed E-state index contributed by atoms with van der Waals surface area (Å²) in [7, 11) is 0. The third kappa shape index (κ3) is 1.88. The molecule has 5 heteroatoms. The van der Waals surface area contributed by atoms with E-state index in [1.807, 2.05) is 30.0 Å². The summed E-state index contributed by atoms with van der Waals surface area (Å²) in [6.07, 6.45) is 0. The molecule has 0 saturated carbocycles. The van der Waals surface area contributed by atoms with Crippen molar-refractivity contribution in [1.29, 1.82) is 0 Å². The average molecular weight is 236 g/mol. The molecule has 0 aliphatic carbocycles. The van der Waals surface area contributed by atoms with E-state index in [0.717, 1.165) is 36.0 Å². The van der Waals surface area contributed by atoms with Crippen LogP contribution in [0.15, 0.2) is 22.6 Å². The fourth-order valence-corrected chi connectivity index (χ4v) is 2.44. The summed E-state index contributed by atoms with van der Waals surface area (Å²) in [6.45, 7) is 1.69. The van der Waals surface area contributed by atoms with Gasteiger partial charge in [0.15, 0.2) is 5.58 Å². The number of rotatable bonds is 3. The van der Waals surface area contributed by atoms with Crippen LogP contribution < -0.4 is 5.73 Å². The molecular weight excluding hydrogens is 224 g/mol. The number of nitrogen functional groups attached to an aromatic ring is 1. The first-order chi connectivity index (χ1) is 7.81. The van der Waals surface area contributed by atoms with Crippen LogP contribution in [0.5, 0.6) is 0 Å². The fourth-order valence-electron chi connectivity index (χ4n) is 1.55. The van der Waals surface area contributed by atoms with Crippen LogP contribution in [0.1, 0.15) is 5.89 Å². The summed E-state index contributed by atoms with van der Waals surface area (Å²) in [4.78, 5) is 4.40. The van der Waals surface area contributed by atoms with Gasteiger partial charge in [-0.3, -0.25) is 0 Å². The second-order valence-electron chi connectivity index (χ2n) is 3.81. The molecule has 1 aliphatic rings. The van der Waals surface area contributed by atoms with E-state index in [0.29, 0.717) is 10.9 Å². The highest BCUT2D eigenvalue weighted by Gasteiger charge is 2.19. The third-order valence-electron chi connectivity index (χ3n) is 2.51. The number of hydrogen-bond donors (Lipinski definition) is 1. The predicted molar refractivity (Wildman–Crippen MR) is 64.3 cm³/mol. The molecule has 1 fully saturated rings. The van der Waals surface area contributed by atoms with E-state index in [-0.39, 0.29) is 0 Å². The Labute approximate surface area is 97.2 Å². The first-order valence-electron chi connectivity index (χ1n) is 5.15. The van der Waals surface area contributed by atoms with Crippen molar-refractivity contribution in [3.8, 4) is 0 Å². The number of aromatic nitrogens is 1. The Morgan fingerprint density at radius 2 is 2.31 bits per heavy atom. The molecule has 1 saturated heterocycles. The number of nitrogens with zero attached hydrogens (tertiary/aromatic N) is 1. The van der Waals surface area contributed by atoms with Crippen LogP contribution in [0.2, 0.25) is 0 Å². The maximum atomic E-state index is 5.68.